The van der Waals surface area contributed by atoms with Crippen molar-refractivity contribution >= 4 is 11.6 Å². The number of aryl methyl sites for hydroxylation is 1. The Balaban J connectivity index is 1.75. The maximum Gasteiger partial charge on any atom is 0.221 e. The van der Waals surface area contributed by atoms with Crippen LogP contribution < -0.4 is 10.6 Å². The highest BCUT2D eigenvalue weighted by Crippen LogP contribution is 2.18. The molecule has 0 aliphatic heterocycles. The van der Waals surface area contributed by atoms with E-state index in [2.05, 4.69) is 10.6 Å². The van der Waals surface area contributed by atoms with E-state index in [1.54, 1.807) is 6.07 Å². The Labute approximate surface area is 100 Å². The summed E-state index contributed by atoms with van der Waals surface area (Å²) < 4.78 is 13.4. The fourth-order valence-electron chi connectivity index (χ4n) is 1.60. The van der Waals surface area contributed by atoms with E-state index < -0.39 is 0 Å². The molecule has 92 valence electrons. The average molecular weight is 236 g/mol. The Kier molecular flexibility index (Phi) is 3.61. The third kappa shape index (κ3) is 3.73. The van der Waals surface area contributed by atoms with Crippen LogP contribution in [0.5, 0.6) is 0 Å². The standard InChI is InChI=1S/C13H17FN2O/c1-9-2-5-12(11(14)8-9)15-7-6-13(17)16-10-3-4-10/h2,5,8,10,15H,3-4,6-7H2,1H3,(H,16,17). The van der Waals surface area contributed by atoms with Crippen LogP contribution in [-0.2, 0) is 4.79 Å². The second kappa shape index (κ2) is 5.17. The van der Waals surface area contributed by atoms with Crippen molar-refractivity contribution in [1.29, 1.82) is 0 Å². The number of benzene rings is 1. The van der Waals surface area contributed by atoms with Gasteiger partial charge in [-0.1, -0.05) is 6.07 Å². The summed E-state index contributed by atoms with van der Waals surface area (Å²) in [6.07, 6.45) is 2.56. The molecule has 0 spiro atoms. The number of anilines is 1. The molecule has 1 fully saturated rings. The fourth-order valence-corrected chi connectivity index (χ4v) is 1.60. The number of hydrogen-bond donors (Lipinski definition) is 2. The SMILES string of the molecule is Cc1ccc(NCCC(=O)NC2CC2)c(F)c1. The van der Waals surface area contributed by atoms with Crippen LogP contribution in [0.4, 0.5) is 10.1 Å². The Hall–Kier alpha value is -1.58. The van der Waals surface area contributed by atoms with Crippen molar-refractivity contribution in [2.75, 3.05) is 11.9 Å². The molecule has 0 bridgehead atoms. The van der Waals surface area contributed by atoms with Gasteiger partial charge < -0.3 is 10.6 Å². The van der Waals surface area contributed by atoms with E-state index in [1.165, 1.54) is 6.07 Å². The molecule has 2 N–H and O–H groups in total. The van der Waals surface area contributed by atoms with Gasteiger partial charge in [-0.15, -0.1) is 0 Å². The predicted molar refractivity (Wildman–Crippen MR) is 65.4 cm³/mol. The molecule has 2 rings (SSSR count). The first kappa shape index (κ1) is 11.9. The van der Waals surface area contributed by atoms with Gasteiger partial charge in [0.1, 0.15) is 5.82 Å². The number of carbonyl (C=O) groups is 1. The highest BCUT2D eigenvalue weighted by atomic mass is 19.1. The van der Waals surface area contributed by atoms with E-state index in [4.69, 9.17) is 0 Å². The maximum atomic E-state index is 13.4. The van der Waals surface area contributed by atoms with Crippen molar-refractivity contribution in [3.8, 4) is 0 Å². The van der Waals surface area contributed by atoms with Gasteiger partial charge in [0.15, 0.2) is 0 Å². The molecule has 1 aliphatic rings. The van der Waals surface area contributed by atoms with Gasteiger partial charge in [0, 0.05) is 19.0 Å². The second-order valence-corrected chi connectivity index (χ2v) is 4.50. The molecule has 1 aromatic rings. The normalized spacial score (nSPS) is 14.5. The van der Waals surface area contributed by atoms with Crippen molar-refractivity contribution in [1.82, 2.24) is 5.32 Å². The zero-order chi connectivity index (χ0) is 12.3. The zero-order valence-electron chi connectivity index (χ0n) is 9.92. The van der Waals surface area contributed by atoms with Crippen LogP contribution >= 0.6 is 0 Å². The van der Waals surface area contributed by atoms with Crippen LogP contribution in [-0.4, -0.2) is 18.5 Å². The van der Waals surface area contributed by atoms with Gasteiger partial charge in [0.2, 0.25) is 5.91 Å². The molecule has 0 radical (unpaired) electrons. The number of halogens is 1. The summed E-state index contributed by atoms with van der Waals surface area (Å²) in [5.41, 5.74) is 1.34. The Morgan fingerprint density at radius 2 is 2.24 bits per heavy atom. The van der Waals surface area contributed by atoms with Crippen LogP contribution in [0.25, 0.3) is 0 Å². The summed E-state index contributed by atoms with van der Waals surface area (Å²) in [5, 5.41) is 5.82. The van der Waals surface area contributed by atoms with Crippen LogP contribution in [0.1, 0.15) is 24.8 Å². The van der Waals surface area contributed by atoms with Gasteiger partial charge in [-0.25, -0.2) is 4.39 Å². The third-order valence-electron chi connectivity index (χ3n) is 2.73. The minimum atomic E-state index is -0.271. The predicted octanol–water partition coefficient (Wildman–Crippen LogP) is 2.21. The monoisotopic (exact) mass is 236 g/mol. The average Bonchev–Trinajstić information content (AvgIpc) is 3.05. The van der Waals surface area contributed by atoms with Gasteiger partial charge in [0.05, 0.1) is 5.69 Å². The summed E-state index contributed by atoms with van der Waals surface area (Å²) in [6.45, 7) is 2.30. The quantitative estimate of drug-likeness (QED) is 0.823. The van der Waals surface area contributed by atoms with Crippen LogP contribution in [0, 0.1) is 12.7 Å². The van der Waals surface area contributed by atoms with E-state index in [1.807, 2.05) is 13.0 Å². The number of carbonyl (C=O) groups excluding carboxylic acids is 1. The number of amides is 1. The summed E-state index contributed by atoms with van der Waals surface area (Å²) in [6, 6.07) is 5.41. The van der Waals surface area contributed by atoms with Crippen molar-refractivity contribution < 1.29 is 9.18 Å². The number of nitrogens with one attached hydrogen (secondary N) is 2. The molecule has 0 aromatic heterocycles. The van der Waals surface area contributed by atoms with Crippen LogP contribution in [0.2, 0.25) is 0 Å². The smallest absolute Gasteiger partial charge is 0.221 e. The lowest BCUT2D eigenvalue weighted by molar-refractivity contribution is -0.120. The summed E-state index contributed by atoms with van der Waals surface area (Å²) in [7, 11) is 0. The first-order valence-corrected chi connectivity index (χ1v) is 5.94. The van der Waals surface area contributed by atoms with Gasteiger partial charge >= 0.3 is 0 Å². The Morgan fingerprint density at radius 1 is 1.47 bits per heavy atom. The Bertz CT molecular complexity index is 416. The lowest BCUT2D eigenvalue weighted by Gasteiger charge is -2.08. The molecule has 1 aliphatic carbocycles. The summed E-state index contributed by atoms with van der Waals surface area (Å²) >= 11 is 0. The molecule has 0 saturated heterocycles. The van der Waals surface area contributed by atoms with Crippen molar-refractivity contribution in [2.45, 2.75) is 32.2 Å². The highest BCUT2D eigenvalue weighted by molar-refractivity contribution is 5.77. The summed E-state index contributed by atoms with van der Waals surface area (Å²) in [5.74, 6) is -0.236. The third-order valence-corrected chi connectivity index (χ3v) is 2.73. The van der Waals surface area contributed by atoms with Gasteiger partial charge in [-0.05, 0) is 37.5 Å². The lowest BCUT2D eigenvalue weighted by atomic mass is 10.2. The van der Waals surface area contributed by atoms with E-state index in [-0.39, 0.29) is 11.7 Å². The molecule has 0 unspecified atom stereocenters. The zero-order valence-corrected chi connectivity index (χ0v) is 9.92. The maximum absolute atomic E-state index is 13.4. The first-order chi connectivity index (χ1) is 8.15. The molecule has 0 heterocycles. The molecule has 0 atom stereocenters. The first-order valence-electron chi connectivity index (χ1n) is 5.94. The summed E-state index contributed by atoms with van der Waals surface area (Å²) in [4.78, 5) is 11.4. The lowest BCUT2D eigenvalue weighted by Crippen LogP contribution is -2.27. The van der Waals surface area contributed by atoms with Crippen LogP contribution in [0.3, 0.4) is 0 Å². The van der Waals surface area contributed by atoms with Crippen molar-refractivity contribution in [3.63, 3.8) is 0 Å². The van der Waals surface area contributed by atoms with E-state index in [0.29, 0.717) is 24.7 Å². The molecular formula is C13H17FN2O. The van der Waals surface area contributed by atoms with Gasteiger partial charge in [0.25, 0.3) is 0 Å². The minimum absolute atomic E-state index is 0.0347. The molecule has 4 heteroatoms. The van der Waals surface area contributed by atoms with E-state index >= 15 is 0 Å². The van der Waals surface area contributed by atoms with Crippen molar-refractivity contribution in [2.24, 2.45) is 0 Å². The van der Waals surface area contributed by atoms with Crippen molar-refractivity contribution in [3.05, 3.63) is 29.6 Å². The highest BCUT2D eigenvalue weighted by Gasteiger charge is 2.22. The van der Waals surface area contributed by atoms with Gasteiger partial charge in [-0.3, -0.25) is 4.79 Å². The largest absolute Gasteiger partial charge is 0.382 e. The molecule has 3 nitrogen and oxygen atoms in total. The molecule has 1 amide bonds. The molecule has 1 aromatic carbocycles. The number of hydrogen-bond acceptors (Lipinski definition) is 2. The molecule has 1 saturated carbocycles. The van der Waals surface area contributed by atoms with E-state index in [0.717, 1.165) is 18.4 Å². The van der Waals surface area contributed by atoms with E-state index in [9.17, 15) is 9.18 Å². The number of rotatable bonds is 5. The Morgan fingerprint density at radius 3 is 2.88 bits per heavy atom. The minimum Gasteiger partial charge on any atom is -0.382 e. The van der Waals surface area contributed by atoms with Crippen LogP contribution in [0.15, 0.2) is 18.2 Å². The fraction of sp³-hybridized carbons (Fsp3) is 0.462. The van der Waals surface area contributed by atoms with Gasteiger partial charge in [-0.2, -0.15) is 0 Å². The molecular weight excluding hydrogens is 219 g/mol. The second-order valence-electron chi connectivity index (χ2n) is 4.50. The topological polar surface area (TPSA) is 41.1 Å². The molecule has 17 heavy (non-hydrogen) atoms.